The molecule has 0 aliphatic carbocycles. The predicted octanol–water partition coefficient (Wildman–Crippen LogP) is 4.56. The molecule has 1 unspecified atom stereocenters. The van der Waals surface area contributed by atoms with E-state index in [0.29, 0.717) is 6.04 Å². The molecule has 0 radical (unpaired) electrons. The first-order chi connectivity index (χ1) is 9.21. The summed E-state index contributed by atoms with van der Waals surface area (Å²) >= 11 is 0. The van der Waals surface area contributed by atoms with Crippen molar-refractivity contribution in [2.24, 2.45) is 5.92 Å². The van der Waals surface area contributed by atoms with Gasteiger partial charge in [0.15, 0.2) is 0 Å². The second-order valence-electron chi connectivity index (χ2n) is 5.23. The maximum absolute atomic E-state index is 5.60. The number of hydrogen-bond donors (Lipinski definition) is 1. The monoisotopic (exact) mass is 263 g/mol. The maximum atomic E-state index is 5.60. The van der Waals surface area contributed by atoms with Crippen LogP contribution < -0.4 is 10.1 Å². The summed E-state index contributed by atoms with van der Waals surface area (Å²) < 4.78 is 5.60. The van der Waals surface area contributed by atoms with E-state index < -0.39 is 0 Å². The predicted molar refractivity (Wildman–Crippen MR) is 82.7 cm³/mol. The van der Waals surface area contributed by atoms with Crippen LogP contribution in [0.25, 0.3) is 0 Å². The third-order valence-corrected chi connectivity index (χ3v) is 3.72. The van der Waals surface area contributed by atoms with Crippen molar-refractivity contribution in [3.05, 3.63) is 29.8 Å². The zero-order chi connectivity index (χ0) is 14.1. The summed E-state index contributed by atoms with van der Waals surface area (Å²) in [7, 11) is 0. The molecular weight excluding hydrogens is 234 g/mol. The summed E-state index contributed by atoms with van der Waals surface area (Å²) in [5.74, 6) is 1.76. The first-order valence-corrected chi connectivity index (χ1v) is 7.67. The molecule has 0 fully saturated rings. The molecule has 0 aliphatic rings. The molecule has 1 rings (SSSR count). The molecule has 1 aromatic carbocycles. The van der Waals surface area contributed by atoms with Crippen molar-refractivity contribution in [3.63, 3.8) is 0 Å². The Labute approximate surface area is 118 Å². The van der Waals surface area contributed by atoms with Crippen LogP contribution >= 0.6 is 0 Å². The smallest absolute Gasteiger partial charge is 0.119 e. The van der Waals surface area contributed by atoms with Gasteiger partial charge in [-0.2, -0.15) is 0 Å². The van der Waals surface area contributed by atoms with Gasteiger partial charge in [-0.1, -0.05) is 45.7 Å². The summed E-state index contributed by atoms with van der Waals surface area (Å²) in [5, 5.41) is 3.62. The fraction of sp³-hybridized carbons (Fsp3) is 0.647. The summed E-state index contributed by atoms with van der Waals surface area (Å²) in [4.78, 5) is 0. The van der Waals surface area contributed by atoms with Crippen LogP contribution in [-0.4, -0.2) is 13.2 Å². The average molecular weight is 263 g/mol. The van der Waals surface area contributed by atoms with Crippen molar-refractivity contribution >= 4 is 0 Å². The van der Waals surface area contributed by atoms with Gasteiger partial charge in [0.1, 0.15) is 5.75 Å². The van der Waals surface area contributed by atoms with E-state index in [1.54, 1.807) is 0 Å². The molecule has 0 aliphatic heterocycles. The Hall–Kier alpha value is -1.02. The van der Waals surface area contributed by atoms with Gasteiger partial charge in [0.05, 0.1) is 6.61 Å². The van der Waals surface area contributed by atoms with E-state index in [9.17, 15) is 0 Å². The Morgan fingerprint density at radius 2 is 1.68 bits per heavy atom. The second kappa shape index (κ2) is 8.98. The van der Waals surface area contributed by atoms with Crippen LogP contribution in [0.3, 0.4) is 0 Å². The zero-order valence-corrected chi connectivity index (χ0v) is 12.9. The van der Waals surface area contributed by atoms with Crippen LogP contribution in [0.4, 0.5) is 0 Å². The minimum Gasteiger partial charge on any atom is -0.494 e. The first-order valence-electron chi connectivity index (χ1n) is 7.67. The highest BCUT2D eigenvalue weighted by molar-refractivity contribution is 5.28. The van der Waals surface area contributed by atoms with E-state index in [2.05, 4.69) is 57.3 Å². The molecule has 1 aromatic rings. The third-order valence-electron chi connectivity index (χ3n) is 3.72. The van der Waals surface area contributed by atoms with E-state index >= 15 is 0 Å². The summed E-state index contributed by atoms with van der Waals surface area (Å²) in [6, 6.07) is 8.87. The van der Waals surface area contributed by atoms with Crippen LogP contribution in [0.2, 0.25) is 0 Å². The minimum absolute atomic E-state index is 0.404. The topological polar surface area (TPSA) is 21.3 Å². The number of benzene rings is 1. The Morgan fingerprint density at radius 1 is 1.05 bits per heavy atom. The van der Waals surface area contributed by atoms with Crippen LogP contribution in [0.15, 0.2) is 24.3 Å². The first kappa shape index (κ1) is 16.0. The van der Waals surface area contributed by atoms with Crippen molar-refractivity contribution in [1.82, 2.24) is 5.32 Å². The molecule has 0 bridgehead atoms. The fourth-order valence-corrected chi connectivity index (χ4v) is 2.11. The van der Waals surface area contributed by atoms with E-state index in [1.165, 1.54) is 18.4 Å². The van der Waals surface area contributed by atoms with E-state index in [-0.39, 0.29) is 0 Å². The maximum Gasteiger partial charge on any atom is 0.119 e. The zero-order valence-electron chi connectivity index (χ0n) is 12.9. The largest absolute Gasteiger partial charge is 0.494 e. The average Bonchev–Trinajstić information content (AvgIpc) is 2.46. The highest BCUT2D eigenvalue weighted by Crippen LogP contribution is 2.18. The van der Waals surface area contributed by atoms with Crippen LogP contribution in [0, 0.1) is 5.92 Å². The Balaban J connectivity index is 2.45. The summed E-state index contributed by atoms with van der Waals surface area (Å²) in [6.45, 7) is 10.8. The second-order valence-corrected chi connectivity index (χ2v) is 5.23. The molecule has 0 aromatic heterocycles. The van der Waals surface area contributed by atoms with Crippen molar-refractivity contribution in [3.8, 4) is 5.75 Å². The summed E-state index contributed by atoms with van der Waals surface area (Å²) in [5.41, 5.74) is 1.33. The van der Waals surface area contributed by atoms with Crippen LogP contribution in [-0.2, 0) is 0 Å². The molecule has 0 amide bonds. The van der Waals surface area contributed by atoms with Gasteiger partial charge < -0.3 is 10.1 Å². The van der Waals surface area contributed by atoms with Crippen molar-refractivity contribution < 1.29 is 4.74 Å². The molecule has 2 nitrogen and oxygen atoms in total. The number of ether oxygens (including phenoxy) is 1. The fourth-order valence-electron chi connectivity index (χ4n) is 2.11. The number of hydrogen-bond acceptors (Lipinski definition) is 2. The highest BCUT2D eigenvalue weighted by Gasteiger charge is 2.08. The molecule has 2 heteroatoms. The molecule has 108 valence electrons. The quantitative estimate of drug-likeness (QED) is 0.705. The van der Waals surface area contributed by atoms with E-state index in [1.807, 2.05) is 0 Å². The van der Waals surface area contributed by atoms with Crippen molar-refractivity contribution in [2.45, 2.75) is 53.0 Å². The van der Waals surface area contributed by atoms with Gasteiger partial charge in [0, 0.05) is 6.04 Å². The molecule has 1 atom stereocenters. The van der Waals surface area contributed by atoms with Crippen molar-refractivity contribution in [2.75, 3.05) is 13.2 Å². The molecule has 0 saturated heterocycles. The van der Waals surface area contributed by atoms with Gasteiger partial charge in [-0.05, 0) is 43.5 Å². The Kier molecular flexibility index (Phi) is 7.57. The van der Waals surface area contributed by atoms with Gasteiger partial charge in [-0.25, -0.2) is 0 Å². The molecule has 19 heavy (non-hydrogen) atoms. The van der Waals surface area contributed by atoms with Gasteiger partial charge in [0.2, 0.25) is 0 Å². The normalized spacial score (nSPS) is 12.7. The van der Waals surface area contributed by atoms with E-state index in [0.717, 1.165) is 31.2 Å². The van der Waals surface area contributed by atoms with Gasteiger partial charge >= 0.3 is 0 Å². The molecular formula is C17H29NO. The number of rotatable bonds is 9. The SMILES string of the molecule is CCCOc1ccc(C(C)NCC(CC)CC)cc1. The lowest BCUT2D eigenvalue weighted by molar-refractivity contribution is 0.317. The van der Waals surface area contributed by atoms with Gasteiger partial charge in [-0.3, -0.25) is 0 Å². The lowest BCUT2D eigenvalue weighted by Crippen LogP contribution is -2.25. The van der Waals surface area contributed by atoms with Crippen molar-refractivity contribution in [1.29, 1.82) is 0 Å². The Bertz CT molecular complexity index is 330. The van der Waals surface area contributed by atoms with Gasteiger partial charge in [0.25, 0.3) is 0 Å². The minimum atomic E-state index is 0.404. The molecule has 1 N–H and O–H groups in total. The lowest BCUT2D eigenvalue weighted by atomic mass is 10.0. The molecule has 0 heterocycles. The summed E-state index contributed by atoms with van der Waals surface area (Å²) in [6.07, 6.45) is 3.55. The molecule has 0 spiro atoms. The molecule has 0 saturated carbocycles. The van der Waals surface area contributed by atoms with Crippen LogP contribution in [0.1, 0.15) is 58.6 Å². The van der Waals surface area contributed by atoms with Gasteiger partial charge in [-0.15, -0.1) is 0 Å². The highest BCUT2D eigenvalue weighted by atomic mass is 16.5. The lowest BCUT2D eigenvalue weighted by Gasteiger charge is -2.19. The van der Waals surface area contributed by atoms with Crippen LogP contribution in [0.5, 0.6) is 5.75 Å². The standard InChI is InChI=1S/C17H29NO/c1-5-12-19-17-10-8-16(9-11-17)14(4)18-13-15(6-2)7-3/h8-11,14-15,18H,5-7,12-13H2,1-4H3. The third kappa shape index (κ3) is 5.65. The Morgan fingerprint density at radius 3 is 2.21 bits per heavy atom. The van der Waals surface area contributed by atoms with E-state index in [4.69, 9.17) is 4.74 Å². The number of nitrogens with one attached hydrogen (secondary N) is 1.